The number of nitrogens with one attached hydrogen (secondary N) is 1. The van der Waals surface area contributed by atoms with Crippen molar-refractivity contribution in [3.63, 3.8) is 0 Å². The van der Waals surface area contributed by atoms with Crippen LogP contribution in [-0.4, -0.2) is 43.2 Å². The third-order valence-corrected chi connectivity index (χ3v) is 4.78. The smallest absolute Gasteiger partial charge is 0.127 e. The van der Waals surface area contributed by atoms with Gasteiger partial charge in [0.05, 0.1) is 0 Å². The number of piperazine rings is 1. The quantitative estimate of drug-likeness (QED) is 0.918. The lowest BCUT2D eigenvalue weighted by Gasteiger charge is -2.27. The molecule has 1 N–H and O–H groups in total. The molecule has 22 heavy (non-hydrogen) atoms. The molecule has 2 aliphatic heterocycles. The highest BCUT2D eigenvalue weighted by molar-refractivity contribution is 5.70. The molecule has 3 nitrogen and oxygen atoms in total. The minimum atomic E-state index is 0.710. The first kappa shape index (κ1) is 13.8. The van der Waals surface area contributed by atoms with Crippen molar-refractivity contribution in [2.75, 3.05) is 26.2 Å². The van der Waals surface area contributed by atoms with Crippen LogP contribution in [0.1, 0.15) is 6.42 Å². The molecular formula is C19H22N2O. The van der Waals surface area contributed by atoms with E-state index in [1.807, 2.05) is 12.1 Å². The van der Waals surface area contributed by atoms with Gasteiger partial charge in [-0.2, -0.15) is 0 Å². The van der Waals surface area contributed by atoms with Crippen LogP contribution >= 0.6 is 0 Å². The Morgan fingerprint density at radius 1 is 1.05 bits per heavy atom. The van der Waals surface area contributed by atoms with E-state index in [-0.39, 0.29) is 0 Å². The van der Waals surface area contributed by atoms with Gasteiger partial charge in [-0.05, 0) is 18.1 Å². The van der Waals surface area contributed by atoms with Crippen LogP contribution in [0.25, 0.3) is 11.1 Å². The minimum absolute atomic E-state index is 0.710. The van der Waals surface area contributed by atoms with E-state index < -0.39 is 0 Å². The van der Waals surface area contributed by atoms with E-state index in [0.29, 0.717) is 6.04 Å². The van der Waals surface area contributed by atoms with Crippen molar-refractivity contribution in [3.05, 3.63) is 54.6 Å². The zero-order chi connectivity index (χ0) is 14.8. The molecule has 0 aromatic heterocycles. The van der Waals surface area contributed by atoms with Crippen molar-refractivity contribution in [1.82, 2.24) is 10.2 Å². The van der Waals surface area contributed by atoms with Gasteiger partial charge in [-0.25, -0.2) is 0 Å². The lowest BCUT2D eigenvalue weighted by molar-refractivity contribution is 0.181. The van der Waals surface area contributed by atoms with Crippen LogP contribution < -0.4 is 10.1 Å². The molecule has 3 heteroatoms. The maximum atomic E-state index is 6.10. The van der Waals surface area contributed by atoms with E-state index in [1.54, 1.807) is 0 Å². The number of para-hydroxylation sites is 1. The van der Waals surface area contributed by atoms with Gasteiger partial charge in [-0.3, -0.25) is 4.90 Å². The molecule has 2 fully saturated rings. The average molecular weight is 294 g/mol. The summed E-state index contributed by atoms with van der Waals surface area (Å²) in [7, 11) is 0. The van der Waals surface area contributed by atoms with Crippen molar-refractivity contribution in [2.24, 2.45) is 0 Å². The number of ether oxygens (including phenoxy) is 1. The molecule has 2 bridgehead atoms. The molecule has 2 aromatic rings. The van der Waals surface area contributed by atoms with E-state index in [9.17, 15) is 0 Å². The van der Waals surface area contributed by atoms with Crippen LogP contribution in [-0.2, 0) is 0 Å². The fourth-order valence-corrected chi connectivity index (χ4v) is 3.64. The van der Waals surface area contributed by atoms with Crippen molar-refractivity contribution in [3.8, 4) is 16.9 Å². The molecule has 2 aromatic carbocycles. The summed E-state index contributed by atoms with van der Waals surface area (Å²) in [5.41, 5.74) is 2.38. The molecule has 0 amide bonds. The van der Waals surface area contributed by atoms with E-state index >= 15 is 0 Å². The van der Waals surface area contributed by atoms with E-state index in [0.717, 1.165) is 31.5 Å². The van der Waals surface area contributed by atoms with Crippen LogP contribution in [0.5, 0.6) is 5.75 Å². The highest BCUT2D eigenvalue weighted by Crippen LogP contribution is 2.29. The highest BCUT2D eigenvalue weighted by Gasteiger charge is 2.36. The molecule has 114 valence electrons. The van der Waals surface area contributed by atoms with Gasteiger partial charge < -0.3 is 10.1 Å². The van der Waals surface area contributed by atoms with Gasteiger partial charge in [-0.15, -0.1) is 0 Å². The Morgan fingerprint density at radius 3 is 2.64 bits per heavy atom. The standard InChI is InChI=1S/C19H22N2O/c1-2-6-15(7-3-1)18-8-4-5-9-19(18)22-11-10-21-14-16-12-17(21)13-20-16/h1-9,16-17,20H,10-14H2/t16-,17-/m1/s1. The maximum Gasteiger partial charge on any atom is 0.127 e. The Bertz CT molecular complexity index is 628. The lowest BCUT2D eigenvalue weighted by atomic mass is 10.1. The number of hydrogen-bond acceptors (Lipinski definition) is 3. The maximum absolute atomic E-state index is 6.10. The predicted molar refractivity (Wildman–Crippen MR) is 89.1 cm³/mol. The summed E-state index contributed by atoms with van der Waals surface area (Å²) in [5.74, 6) is 0.983. The number of fused-ring (bicyclic) bond motifs is 2. The second-order valence-corrected chi connectivity index (χ2v) is 6.20. The fourth-order valence-electron chi connectivity index (χ4n) is 3.64. The molecule has 0 saturated carbocycles. The largest absolute Gasteiger partial charge is 0.492 e. The van der Waals surface area contributed by atoms with Gasteiger partial charge in [0.1, 0.15) is 12.4 Å². The molecule has 2 aliphatic rings. The normalized spacial score (nSPS) is 23.8. The van der Waals surface area contributed by atoms with Crippen LogP contribution in [0.4, 0.5) is 0 Å². The molecule has 2 heterocycles. The van der Waals surface area contributed by atoms with Gasteiger partial charge in [0.2, 0.25) is 0 Å². The molecule has 4 rings (SSSR count). The second-order valence-electron chi connectivity index (χ2n) is 6.20. The second kappa shape index (κ2) is 6.11. The van der Waals surface area contributed by atoms with Crippen LogP contribution in [0.2, 0.25) is 0 Å². The molecule has 0 aliphatic carbocycles. The predicted octanol–water partition coefficient (Wildman–Crippen LogP) is 2.78. The van der Waals surface area contributed by atoms with Crippen molar-refractivity contribution in [1.29, 1.82) is 0 Å². The Morgan fingerprint density at radius 2 is 1.86 bits per heavy atom. The third kappa shape index (κ3) is 2.74. The molecule has 0 unspecified atom stereocenters. The van der Waals surface area contributed by atoms with Crippen LogP contribution in [0.15, 0.2) is 54.6 Å². The highest BCUT2D eigenvalue weighted by atomic mass is 16.5. The molecule has 0 radical (unpaired) electrons. The van der Waals surface area contributed by atoms with E-state index in [2.05, 4.69) is 52.7 Å². The van der Waals surface area contributed by atoms with Gasteiger partial charge in [0.15, 0.2) is 0 Å². The summed E-state index contributed by atoms with van der Waals surface area (Å²) >= 11 is 0. The molecule has 2 saturated heterocycles. The van der Waals surface area contributed by atoms with Gasteiger partial charge >= 0.3 is 0 Å². The monoisotopic (exact) mass is 294 g/mol. The zero-order valence-corrected chi connectivity index (χ0v) is 12.7. The van der Waals surface area contributed by atoms with Gasteiger partial charge in [-0.1, -0.05) is 48.5 Å². The summed E-state index contributed by atoms with van der Waals surface area (Å²) in [5, 5.41) is 3.54. The Balaban J connectivity index is 1.41. The summed E-state index contributed by atoms with van der Waals surface area (Å²) in [6, 6.07) is 20.2. The van der Waals surface area contributed by atoms with Crippen molar-refractivity contribution < 1.29 is 4.74 Å². The van der Waals surface area contributed by atoms with Crippen molar-refractivity contribution in [2.45, 2.75) is 18.5 Å². The third-order valence-electron chi connectivity index (χ3n) is 4.78. The van der Waals surface area contributed by atoms with E-state index in [4.69, 9.17) is 4.74 Å². The fraction of sp³-hybridized carbons (Fsp3) is 0.368. The molecular weight excluding hydrogens is 272 g/mol. The Hall–Kier alpha value is -1.84. The number of hydrogen-bond donors (Lipinski definition) is 1. The van der Waals surface area contributed by atoms with Crippen LogP contribution in [0, 0.1) is 0 Å². The number of likely N-dealkylation sites (tertiary alicyclic amines) is 1. The van der Waals surface area contributed by atoms with Crippen LogP contribution in [0.3, 0.4) is 0 Å². The zero-order valence-electron chi connectivity index (χ0n) is 12.7. The average Bonchev–Trinajstić information content (AvgIpc) is 3.19. The first-order valence-electron chi connectivity index (χ1n) is 8.15. The Labute approximate surface area is 131 Å². The summed E-state index contributed by atoms with van der Waals surface area (Å²) in [6.45, 7) is 4.10. The molecule has 2 atom stereocenters. The summed E-state index contributed by atoms with van der Waals surface area (Å²) in [6.07, 6.45) is 1.31. The Kier molecular flexibility index (Phi) is 3.83. The number of benzene rings is 2. The van der Waals surface area contributed by atoms with E-state index in [1.165, 1.54) is 24.1 Å². The summed E-state index contributed by atoms with van der Waals surface area (Å²) < 4.78 is 6.10. The number of nitrogens with zero attached hydrogens (tertiary/aromatic N) is 1. The number of rotatable bonds is 5. The SMILES string of the molecule is c1ccc(-c2ccccc2OCCN2C[C@H]3C[C@@H]2CN3)cc1. The van der Waals surface area contributed by atoms with Crippen molar-refractivity contribution >= 4 is 0 Å². The minimum Gasteiger partial charge on any atom is -0.492 e. The first-order valence-corrected chi connectivity index (χ1v) is 8.15. The van der Waals surface area contributed by atoms with Gasteiger partial charge in [0.25, 0.3) is 0 Å². The summed E-state index contributed by atoms with van der Waals surface area (Å²) in [4.78, 5) is 2.56. The lowest BCUT2D eigenvalue weighted by Crippen LogP contribution is -2.45. The topological polar surface area (TPSA) is 24.5 Å². The van der Waals surface area contributed by atoms with Gasteiger partial charge in [0, 0.05) is 37.3 Å². The first-order chi connectivity index (χ1) is 10.9. The molecule has 0 spiro atoms.